The van der Waals surface area contributed by atoms with E-state index in [2.05, 4.69) is 36.5 Å². The number of nitrogens with one attached hydrogen (secondary N) is 1. The van der Waals surface area contributed by atoms with Crippen LogP contribution >= 0.6 is 0 Å². The van der Waals surface area contributed by atoms with Crippen LogP contribution in [0.5, 0.6) is 0 Å². The van der Waals surface area contributed by atoms with Crippen LogP contribution in [-0.4, -0.2) is 11.8 Å². The van der Waals surface area contributed by atoms with E-state index >= 15 is 0 Å². The minimum absolute atomic E-state index is 0.164. The summed E-state index contributed by atoms with van der Waals surface area (Å²) in [6, 6.07) is 0.319. The highest BCUT2D eigenvalue weighted by atomic mass is 16.1. The van der Waals surface area contributed by atoms with E-state index in [-0.39, 0.29) is 5.92 Å². The van der Waals surface area contributed by atoms with E-state index in [9.17, 15) is 4.79 Å². The molecule has 0 aromatic heterocycles. The summed E-state index contributed by atoms with van der Waals surface area (Å²) >= 11 is 0. The third-order valence-corrected chi connectivity index (χ3v) is 4.66. The number of carbonyl (C=O) groups excluding carboxylic acids is 1. The number of hydrogen-bond donors (Lipinski definition) is 1. The molecule has 1 aliphatic heterocycles. The fourth-order valence-corrected chi connectivity index (χ4v) is 3.24. The minimum atomic E-state index is 0.164. The zero-order chi connectivity index (χ0) is 15.1. The SMILES string of the molecule is CCCCCC/C=C/CC1=C(C)C(=O)C2CC=CCC2N1. The first-order valence-electron chi connectivity index (χ1n) is 8.54. The first-order valence-corrected chi connectivity index (χ1v) is 8.54. The quantitative estimate of drug-likeness (QED) is 0.544. The molecular formula is C19H29NO. The number of hydrogen-bond acceptors (Lipinski definition) is 2. The van der Waals surface area contributed by atoms with Crippen molar-refractivity contribution in [3.63, 3.8) is 0 Å². The van der Waals surface area contributed by atoms with Gasteiger partial charge >= 0.3 is 0 Å². The molecule has 2 aliphatic rings. The lowest BCUT2D eigenvalue weighted by atomic mass is 9.79. The minimum Gasteiger partial charge on any atom is -0.384 e. The van der Waals surface area contributed by atoms with Gasteiger partial charge in [-0.05, 0) is 32.6 Å². The summed E-state index contributed by atoms with van der Waals surface area (Å²) in [6.45, 7) is 4.22. The molecule has 0 spiro atoms. The second-order valence-corrected chi connectivity index (χ2v) is 6.29. The molecule has 1 aliphatic carbocycles. The number of unbranched alkanes of at least 4 members (excludes halogenated alkanes) is 4. The number of fused-ring (bicyclic) bond motifs is 1. The molecule has 2 atom stereocenters. The van der Waals surface area contributed by atoms with Gasteiger partial charge in [-0.3, -0.25) is 4.79 Å². The zero-order valence-electron chi connectivity index (χ0n) is 13.5. The molecule has 1 N–H and O–H groups in total. The maximum atomic E-state index is 12.4. The highest BCUT2D eigenvalue weighted by Gasteiger charge is 2.34. The molecule has 116 valence electrons. The lowest BCUT2D eigenvalue weighted by molar-refractivity contribution is -0.120. The normalized spacial score (nSPS) is 25.3. The van der Waals surface area contributed by atoms with Crippen molar-refractivity contribution < 1.29 is 4.79 Å². The summed E-state index contributed by atoms with van der Waals surface area (Å²) < 4.78 is 0. The number of allylic oxidation sites excluding steroid dienone is 4. The summed E-state index contributed by atoms with van der Waals surface area (Å²) in [5.41, 5.74) is 2.09. The number of rotatable bonds is 7. The maximum absolute atomic E-state index is 12.4. The lowest BCUT2D eigenvalue weighted by Crippen LogP contribution is -2.45. The van der Waals surface area contributed by atoms with Crippen LogP contribution < -0.4 is 5.32 Å². The second-order valence-electron chi connectivity index (χ2n) is 6.29. The average Bonchev–Trinajstić information content (AvgIpc) is 2.51. The highest BCUT2D eigenvalue weighted by molar-refractivity contribution is 5.99. The van der Waals surface area contributed by atoms with Crippen LogP contribution in [0.2, 0.25) is 0 Å². The molecule has 2 heteroatoms. The predicted molar refractivity (Wildman–Crippen MR) is 89.0 cm³/mol. The maximum Gasteiger partial charge on any atom is 0.165 e. The summed E-state index contributed by atoms with van der Waals surface area (Å²) in [5.74, 6) is 0.520. The van der Waals surface area contributed by atoms with Crippen molar-refractivity contribution in [3.05, 3.63) is 35.6 Å². The van der Waals surface area contributed by atoms with E-state index < -0.39 is 0 Å². The summed E-state index contributed by atoms with van der Waals surface area (Å²) in [5, 5.41) is 3.60. The Hall–Kier alpha value is -1.31. The summed E-state index contributed by atoms with van der Waals surface area (Å²) in [4.78, 5) is 12.4. The van der Waals surface area contributed by atoms with Gasteiger partial charge in [-0.15, -0.1) is 0 Å². The van der Waals surface area contributed by atoms with E-state index in [0.717, 1.165) is 37.0 Å². The van der Waals surface area contributed by atoms with Crippen molar-refractivity contribution in [3.8, 4) is 0 Å². The van der Waals surface area contributed by atoms with Gasteiger partial charge in [0.15, 0.2) is 5.78 Å². The lowest BCUT2D eigenvalue weighted by Gasteiger charge is -2.35. The van der Waals surface area contributed by atoms with Gasteiger partial charge in [0.05, 0.1) is 0 Å². The molecule has 2 nitrogen and oxygen atoms in total. The van der Waals surface area contributed by atoms with Gasteiger partial charge in [0.1, 0.15) is 0 Å². The Kier molecular flexibility index (Phi) is 6.28. The largest absolute Gasteiger partial charge is 0.384 e. The van der Waals surface area contributed by atoms with Crippen molar-refractivity contribution in [1.82, 2.24) is 5.32 Å². The first-order chi connectivity index (χ1) is 10.2. The molecule has 0 saturated heterocycles. The molecule has 1 heterocycles. The van der Waals surface area contributed by atoms with Gasteiger partial charge in [0, 0.05) is 29.7 Å². The second kappa shape index (κ2) is 8.21. The van der Waals surface area contributed by atoms with Crippen LogP contribution in [-0.2, 0) is 4.79 Å². The van der Waals surface area contributed by atoms with Crippen LogP contribution in [0.3, 0.4) is 0 Å². The molecule has 0 radical (unpaired) electrons. The molecule has 21 heavy (non-hydrogen) atoms. The van der Waals surface area contributed by atoms with E-state index in [1.54, 1.807) is 0 Å². The Labute approximate surface area is 129 Å². The van der Waals surface area contributed by atoms with E-state index in [1.807, 2.05) is 6.92 Å². The van der Waals surface area contributed by atoms with Crippen molar-refractivity contribution in [2.75, 3.05) is 0 Å². The van der Waals surface area contributed by atoms with E-state index in [1.165, 1.54) is 25.7 Å². The molecule has 0 fully saturated rings. The average molecular weight is 287 g/mol. The van der Waals surface area contributed by atoms with Gasteiger partial charge in [-0.2, -0.15) is 0 Å². The van der Waals surface area contributed by atoms with Gasteiger partial charge in [-0.1, -0.05) is 50.5 Å². The molecule has 0 bridgehead atoms. The summed E-state index contributed by atoms with van der Waals surface area (Å²) in [6.07, 6.45) is 18.0. The van der Waals surface area contributed by atoms with Gasteiger partial charge in [0.25, 0.3) is 0 Å². The molecule has 0 aromatic carbocycles. The molecule has 2 rings (SSSR count). The standard InChI is InChI=1S/C19H29NO/c1-3-4-5-6-7-8-9-13-17-15(2)19(21)16-12-10-11-14-18(16)20-17/h8-11,16,18,20H,3-7,12-14H2,1-2H3/b9-8+. The van der Waals surface area contributed by atoms with E-state index in [4.69, 9.17) is 0 Å². The smallest absolute Gasteiger partial charge is 0.165 e. The van der Waals surface area contributed by atoms with Crippen LogP contribution in [0.15, 0.2) is 35.6 Å². The fraction of sp³-hybridized carbons (Fsp3) is 0.632. The highest BCUT2D eigenvalue weighted by Crippen LogP contribution is 2.29. The third kappa shape index (κ3) is 4.33. The number of Topliss-reactive ketones (excluding diaryl/α,β-unsaturated/α-hetero) is 1. The molecule has 2 unspecified atom stereocenters. The van der Waals surface area contributed by atoms with Crippen molar-refractivity contribution >= 4 is 5.78 Å². The Morgan fingerprint density at radius 3 is 2.81 bits per heavy atom. The van der Waals surface area contributed by atoms with Gasteiger partial charge in [-0.25, -0.2) is 0 Å². The Morgan fingerprint density at radius 1 is 1.19 bits per heavy atom. The predicted octanol–water partition coefficient (Wildman–Crippen LogP) is 4.68. The fourth-order valence-electron chi connectivity index (χ4n) is 3.24. The van der Waals surface area contributed by atoms with Crippen LogP contribution in [0, 0.1) is 5.92 Å². The molecular weight excluding hydrogens is 258 g/mol. The third-order valence-electron chi connectivity index (χ3n) is 4.66. The van der Waals surface area contributed by atoms with Crippen molar-refractivity contribution in [2.45, 2.75) is 71.3 Å². The van der Waals surface area contributed by atoms with E-state index in [0.29, 0.717) is 11.8 Å². The van der Waals surface area contributed by atoms with Crippen LogP contribution in [0.25, 0.3) is 0 Å². The van der Waals surface area contributed by atoms with Crippen molar-refractivity contribution in [2.24, 2.45) is 5.92 Å². The van der Waals surface area contributed by atoms with Crippen LogP contribution in [0.4, 0.5) is 0 Å². The van der Waals surface area contributed by atoms with Gasteiger partial charge in [0.2, 0.25) is 0 Å². The zero-order valence-corrected chi connectivity index (χ0v) is 13.5. The summed E-state index contributed by atoms with van der Waals surface area (Å²) in [7, 11) is 0. The molecule has 0 amide bonds. The first kappa shape index (κ1) is 16.1. The topological polar surface area (TPSA) is 29.1 Å². The Morgan fingerprint density at radius 2 is 2.00 bits per heavy atom. The van der Waals surface area contributed by atoms with Crippen LogP contribution in [0.1, 0.15) is 65.2 Å². The molecule has 0 saturated carbocycles. The van der Waals surface area contributed by atoms with Gasteiger partial charge < -0.3 is 5.32 Å². The Balaban J connectivity index is 1.83. The van der Waals surface area contributed by atoms with Crippen molar-refractivity contribution in [1.29, 1.82) is 0 Å². The Bertz CT molecular complexity index is 444. The monoisotopic (exact) mass is 287 g/mol. The number of ketones is 1. The molecule has 0 aromatic rings. The number of carbonyl (C=O) groups is 1.